The minimum atomic E-state index is 0.641. The monoisotopic (exact) mass is 257 g/mol. The number of carbonyl (C=O) groups excluding carboxylic acids is 1. The molecule has 1 heterocycles. The largest absolute Gasteiger partial charge is 0.371 e. The fraction of sp³-hybridized carbons (Fsp3) is 0.588. The van der Waals surface area contributed by atoms with Crippen LogP contribution in [0.1, 0.15) is 54.4 Å². The lowest BCUT2D eigenvalue weighted by Crippen LogP contribution is -2.39. The lowest BCUT2D eigenvalue weighted by atomic mass is 9.77. The van der Waals surface area contributed by atoms with Gasteiger partial charge in [-0.15, -0.1) is 0 Å². The van der Waals surface area contributed by atoms with Crippen LogP contribution in [0.4, 0.5) is 5.69 Å². The van der Waals surface area contributed by atoms with E-state index in [-0.39, 0.29) is 0 Å². The van der Waals surface area contributed by atoms with Crippen molar-refractivity contribution in [1.29, 1.82) is 0 Å². The molecule has 1 saturated carbocycles. The fourth-order valence-corrected chi connectivity index (χ4v) is 3.90. The number of anilines is 1. The van der Waals surface area contributed by atoms with E-state index in [4.69, 9.17) is 0 Å². The van der Waals surface area contributed by atoms with Gasteiger partial charge in [0.15, 0.2) is 6.29 Å². The normalized spacial score (nSPS) is 21.8. The van der Waals surface area contributed by atoms with Gasteiger partial charge in [-0.1, -0.05) is 24.5 Å². The summed E-state index contributed by atoms with van der Waals surface area (Å²) in [6, 6.07) is 6.23. The van der Waals surface area contributed by atoms with Crippen molar-refractivity contribution < 1.29 is 4.79 Å². The number of carbonyl (C=O) groups is 1. The van der Waals surface area contributed by atoms with Gasteiger partial charge in [0, 0.05) is 24.3 Å². The zero-order valence-corrected chi connectivity index (χ0v) is 11.8. The minimum absolute atomic E-state index is 0.641. The molecular weight excluding hydrogens is 234 g/mol. The molecule has 1 aromatic carbocycles. The Hall–Kier alpha value is -1.31. The van der Waals surface area contributed by atoms with Gasteiger partial charge >= 0.3 is 0 Å². The third-order valence-electron chi connectivity index (χ3n) is 5.14. The summed E-state index contributed by atoms with van der Waals surface area (Å²) >= 11 is 0. The average molecular weight is 257 g/mol. The first-order valence-corrected chi connectivity index (χ1v) is 7.53. The highest BCUT2D eigenvalue weighted by molar-refractivity contribution is 5.85. The van der Waals surface area contributed by atoms with Gasteiger partial charge in [0.2, 0.25) is 0 Å². The molecule has 102 valence electrons. The molecule has 0 bridgehead atoms. The molecule has 3 rings (SSSR count). The maximum atomic E-state index is 11.2. The number of nitrogens with zero attached hydrogens (tertiary/aromatic N) is 1. The first-order valence-electron chi connectivity index (χ1n) is 7.53. The quantitative estimate of drug-likeness (QED) is 0.747. The maximum Gasteiger partial charge on any atom is 0.152 e. The first-order chi connectivity index (χ1) is 9.22. The van der Waals surface area contributed by atoms with E-state index in [1.54, 1.807) is 0 Å². The van der Waals surface area contributed by atoms with Gasteiger partial charge in [-0.3, -0.25) is 4.79 Å². The van der Waals surface area contributed by atoms with Crippen LogP contribution in [0.2, 0.25) is 0 Å². The molecule has 1 saturated heterocycles. The lowest BCUT2D eigenvalue weighted by molar-refractivity contribution is 0.112. The van der Waals surface area contributed by atoms with E-state index >= 15 is 0 Å². The minimum Gasteiger partial charge on any atom is -0.371 e. The van der Waals surface area contributed by atoms with E-state index in [9.17, 15) is 4.79 Å². The van der Waals surface area contributed by atoms with Crippen molar-refractivity contribution in [2.75, 3.05) is 18.0 Å². The Balaban J connectivity index is 1.76. The summed E-state index contributed by atoms with van der Waals surface area (Å²) in [4.78, 5) is 13.7. The number of hydrogen-bond acceptors (Lipinski definition) is 2. The molecule has 0 N–H and O–H groups in total. The van der Waals surface area contributed by atoms with E-state index in [0.717, 1.165) is 36.2 Å². The van der Waals surface area contributed by atoms with Crippen LogP contribution >= 0.6 is 0 Å². The van der Waals surface area contributed by atoms with Gasteiger partial charge in [-0.05, 0) is 50.2 Å². The molecule has 2 aliphatic rings. The van der Waals surface area contributed by atoms with E-state index in [1.165, 1.54) is 38.5 Å². The van der Waals surface area contributed by atoms with Crippen LogP contribution in [0.3, 0.4) is 0 Å². The second-order valence-corrected chi connectivity index (χ2v) is 6.37. The van der Waals surface area contributed by atoms with Crippen LogP contribution in [0.5, 0.6) is 0 Å². The van der Waals surface area contributed by atoms with Crippen molar-refractivity contribution in [3.8, 4) is 0 Å². The lowest BCUT2D eigenvalue weighted by Gasteiger charge is -2.41. The zero-order chi connectivity index (χ0) is 13.3. The van der Waals surface area contributed by atoms with E-state index in [2.05, 4.69) is 17.0 Å². The van der Waals surface area contributed by atoms with Crippen LogP contribution in [-0.2, 0) is 0 Å². The van der Waals surface area contributed by atoms with E-state index < -0.39 is 0 Å². The molecule has 0 radical (unpaired) electrons. The Bertz CT molecular complexity index is 464. The topological polar surface area (TPSA) is 20.3 Å². The summed E-state index contributed by atoms with van der Waals surface area (Å²) in [5, 5.41) is 0. The molecule has 1 aliphatic carbocycles. The summed E-state index contributed by atoms with van der Waals surface area (Å²) in [5.74, 6) is 0. The number of aryl methyl sites for hydroxylation is 1. The van der Waals surface area contributed by atoms with Crippen molar-refractivity contribution in [3.63, 3.8) is 0 Å². The summed E-state index contributed by atoms with van der Waals surface area (Å²) < 4.78 is 0. The van der Waals surface area contributed by atoms with Crippen LogP contribution in [0, 0.1) is 12.3 Å². The van der Waals surface area contributed by atoms with Crippen molar-refractivity contribution in [3.05, 3.63) is 29.3 Å². The van der Waals surface area contributed by atoms with Gasteiger partial charge in [0.1, 0.15) is 0 Å². The zero-order valence-electron chi connectivity index (χ0n) is 11.8. The van der Waals surface area contributed by atoms with Crippen LogP contribution in [0.25, 0.3) is 0 Å². The summed E-state index contributed by atoms with van der Waals surface area (Å²) in [5.41, 5.74) is 3.79. The SMILES string of the molecule is Cc1ccc(N2CCC3(CCCC3)CC2)c(C=O)c1. The molecule has 2 fully saturated rings. The predicted octanol–water partition coefficient (Wildman–Crippen LogP) is 3.97. The molecule has 2 heteroatoms. The molecular formula is C17H23NO. The number of benzene rings is 1. The maximum absolute atomic E-state index is 11.2. The van der Waals surface area contributed by atoms with Crippen molar-refractivity contribution in [2.45, 2.75) is 45.4 Å². The standard InChI is InChI=1S/C17H23NO/c1-14-4-5-16(15(12-14)13-19)18-10-8-17(9-11-18)6-2-3-7-17/h4-5,12-13H,2-3,6-11H2,1H3. The fourth-order valence-electron chi connectivity index (χ4n) is 3.90. The van der Waals surface area contributed by atoms with Crippen LogP contribution in [-0.4, -0.2) is 19.4 Å². The van der Waals surface area contributed by atoms with E-state index in [0.29, 0.717) is 5.41 Å². The average Bonchev–Trinajstić information content (AvgIpc) is 2.88. The Labute approximate surface area is 115 Å². The Morgan fingerprint density at radius 3 is 2.42 bits per heavy atom. The molecule has 0 atom stereocenters. The smallest absolute Gasteiger partial charge is 0.152 e. The number of rotatable bonds is 2. The molecule has 0 aromatic heterocycles. The predicted molar refractivity (Wildman–Crippen MR) is 78.9 cm³/mol. The Kier molecular flexibility index (Phi) is 3.34. The molecule has 19 heavy (non-hydrogen) atoms. The van der Waals surface area contributed by atoms with E-state index in [1.807, 2.05) is 13.0 Å². The first kappa shape index (κ1) is 12.7. The molecule has 0 amide bonds. The third kappa shape index (κ3) is 2.41. The number of hydrogen-bond donors (Lipinski definition) is 0. The highest BCUT2D eigenvalue weighted by atomic mass is 16.1. The third-order valence-corrected chi connectivity index (χ3v) is 5.14. The molecule has 1 aliphatic heterocycles. The van der Waals surface area contributed by atoms with Gasteiger partial charge in [-0.25, -0.2) is 0 Å². The highest BCUT2D eigenvalue weighted by Gasteiger charge is 2.37. The van der Waals surface area contributed by atoms with Gasteiger partial charge in [0.05, 0.1) is 0 Å². The molecule has 2 nitrogen and oxygen atoms in total. The van der Waals surface area contributed by atoms with Crippen LogP contribution < -0.4 is 4.90 Å². The summed E-state index contributed by atoms with van der Waals surface area (Å²) in [6.07, 6.45) is 9.30. The molecule has 1 aromatic rings. The summed E-state index contributed by atoms with van der Waals surface area (Å²) in [6.45, 7) is 4.27. The second kappa shape index (κ2) is 4.99. The number of piperidine rings is 1. The van der Waals surface area contributed by atoms with Gasteiger partial charge < -0.3 is 4.90 Å². The summed E-state index contributed by atoms with van der Waals surface area (Å²) in [7, 11) is 0. The van der Waals surface area contributed by atoms with Crippen LogP contribution in [0.15, 0.2) is 18.2 Å². The Morgan fingerprint density at radius 1 is 1.11 bits per heavy atom. The number of aldehydes is 1. The van der Waals surface area contributed by atoms with Crippen molar-refractivity contribution in [1.82, 2.24) is 0 Å². The second-order valence-electron chi connectivity index (χ2n) is 6.37. The van der Waals surface area contributed by atoms with Crippen molar-refractivity contribution >= 4 is 12.0 Å². The van der Waals surface area contributed by atoms with Gasteiger partial charge in [-0.2, -0.15) is 0 Å². The van der Waals surface area contributed by atoms with Gasteiger partial charge in [0.25, 0.3) is 0 Å². The molecule has 0 unspecified atom stereocenters. The van der Waals surface area contributed by atoms with Crippen molar-refractivity contribution in [2.24, 2.45) is 5.41 Å². The highest BCUT2D eigenvalue weighted by Crippen LogP contribution is 2.46. The molecule has 1 spiro atoms. The Morgan fingerprint density at radius 2 is 1.79 bits per heavy atom.